The Bertz CT molecular complexity index is 1170. The first-order valence-electron chi connectivity index (χ1n) is 13.8. The fourth-order valence-corrected chi connectivity index (χ4v) is 8.89. The number of esters is 1. The second-order valence-electron chi connectivity index (χ2n) is 14.3. The van der Waals surface area contributed by atoms with Gasteiger partial charge in [-0.2, -0.15) is 5.26 Å². The Hall–Kier alpha value is -2.22. The maximum atomic E-state index is 14.3. The van der Waals surface area contributed by atoms with Gasteiger partial charge in [0.25, 0.3) is 0 Å². The van der Waals surface area contributed by atoms with Crippen LogP contribution in [-0.2, 0) is 19.1 Å². The number of Topliss-reactive ketones (excluding diaryl/α,β-unsaturated/α-hetero) is 1. The van der Waals surface area contributed by atoms with Crippen molar-refractivity contribution in [1.82, 2.24) is 0 Å². The molecule has 4 aliphatic carbocycles. The largest absolute Gasteiger partial charge is 0.457 e. The van der Waals surface area contributed by atoms with E-state index in [0.29, 0.717) is 19.3 Å². The van der Waals surface area contributed by atoms with Crippen molar-refractivity contribution in [1.29, 1.82) is 5.26 Å². The van der Waals surface area contributed by atoms with Gasteiger partial charge in [0.1, 0.15) is 11.7 Å². The summed E-state index contributed by atoms with van der Waals surface area (Å²) >= 11 is 0. The predicted molar refractivity (Wildman–Crippen MR) is 136 cm³/mol. The molecule has 2 heterocycles. The molecule has 5 heteroatoms. The molecule has 2 saturated heterocycles. The number of nitrogens with zero attached hydrogens (tertiary/aromatic N) is 1. The fourth-order valence-electron chi connectivity index (χ4n) is 8.89. The van der Waals surface area contributed by atoms with E-state index in [0.717, 1.165) is 37.7 Å². The minimum atomic E-state index is -0.940. The molecule has 0 aromatic heterocycles. The van der Waals surface area contributed by atoms with E-state index in [-0.39, 0.29) is 40.4 Å². The van der Waals surface area contributed by atoms with Crippen LogP contribution in [0, 0.1) is 50.2 Å². The van der Waals surface area contributed by atoms with Crippen LogP contribution in [0.15, 0.2) is 23.3 Å². The Morgan fingerprint density at radius 1 is 0.889 bits per heavy atom. The van der Waals surface area contributed by atoms with Gasteiger partial charge >= 0.3 is 5.97 Å². The van der Waals surface area contributed by atoms with Gasteiger partial charge < -0.3 is 4.74 Å². The normalized spacial score (nSPS) is 47.9. The number of hydrogen-bond donors (Lipinski definition) is 0. The van der Waals surface area contributed by atoms with E-state index in [2.05, 4.69) is 33.8 Å². The zero-order valence-electron chi connectivity index (χ0n) is 23.0. The van der Waals surface area contributed by atoms with E-state index in [1.165, 1.54) is 0 Å². The van der Waals surface area contributed by atoms with Crippen molar-refractivity contribution >= 4 is 17.5 Å². The molecule has 2 saturated carbocycles. The fraction of sp³-hybridized carbons (Fsp3) is 0.742. The summed E-state index contributed by atoms with van der Waals surface area (Å²) in [6, 6.07) is 2.13. The van der Waals surface area contributed by atoms with E-state index in [4.69, 9.17) is 4.74 Å². The monoisotopic (exact) mass is 491 g/mol. The van der Waals surface area contributed by atoms with E-state index < -0.39 is 27.3 Å². The Balaban J connectivity index is 1.75. The summed E-state index contributed by atoms with van der Waals surface area (Å²) in [5.41, 5.74) is -2.30. The molecule has 5 nitrogen and oxygen atoms in total. The van der Waals surface area contributed by atoms with Crippen LogP contribution in [0.4, 0.5) is 0 Å². The molecule has 2 aliphatic heterocycles. The first-order valence-corrected chi connectivity index (χ1v) is 13.8. The third-order valence-electron chi connectivity index (χ3n) is 11.8. The zero-order valence-corrected chi connectivity index (χ0v) is 23.0. The molecule has 2 bridgehead atoms. The number of rotatable bonds is 0. The number of carbonyl (C=O) groups is 3. The van der Waals surface area contributed by atoms with Crippen LogP contribution < -0.4 is 0 Å². The minimum Gasteiger partial charge on any atom is -0.457 e. The van der Waals surface area contributed by atoms with Crippen molar-refractivity contribution in [2.75, 3.05) is 0 Å². The number of hydrogen-bond acceptors (Lipinski definition) is 5. The molecule has 36 heavy (non-hydrogen) atoms. The van der Waals surface area contributed by atoms with E-state index in [1.54, 1.807) is 0 Å². The molecule has 0 aromatic rings. The average molecular weight is 492 g/mol. The highest BCUT2D eigenvalue weighted by Gasteiger charge is 2.73. The summed E-state index contributed by atoms with van der Waals surface area (Å²) in [5, 5.41) is 9.77. The Morgan fingerprint density at radius 2 is 1.53 bits per heavy atom. The lowest BCUT2D eigenvalue weighted by molar-refractivity contribution is -0.241. The number of fused-ring (bicyclic) bond motifs is 9. The second-order valence-corrected chi connectivity index (χ2v) is 14.3. The Kier molecular flexibility index (Phi) is 5.24. The lowest BCUT2D eigenvalue weighted by atomic mass is 9.39. The van der Waals surface area contributed by atoms with Gasteiger partial charge in [-0.1, -0.05) is 40.7 Å². The molecule has 6 rings (SSSR count). The summed E-state index contributed by atoms with van der Waals surface area (Å²) in [4.78, 5) is 41.0. The van der Waals surface area contributed by atoms with Crippen LogP contribution in [0.25, 0.3) is 0 Å². The van der Waals surface area contributed by atoms with Crippen LogP contribution in [0.5, 0.6) is 0 Å². The van der Waals surface area contributed by atoms with Crippen molar-refractivity contribution in [3.05, 3.63) is 23.3 Å². The standard InChI is InChI=1S/C31H41NO4/c1-19-21-8-9-29(6)22(28(21,5)17-20(18-32)24(19)34)16-23(33)30(7)14-11-26(2,3)10-12-27(4)13-15-31(29,30)36-25(27)35/h16-17,19,21H,8-15H2,1-7H3/t19-,21-,27-,28-,29+,30+,31-/m0/s1. The maximum absolute atomic E-state index is 14.3. The van der Waals surface area contributed by atoms with Gasteiger partial charge in [0.05, 0.1) is 16.4 Å². The van der Waals surface area contributed by atoms with Crippen LogP contribution in [0.2, 0.25) is 0 Å². The lowest BCUT2D eigenvalue weighted by Gasteiger charge is -2.67. The van der Waals surface area contributed by atoms with E-state index >= 15 is 0 Å². The van der Waals surface area contributed by atoms with Gasteiger partial charge in [-0.3, -0.25) is 14.4 Å². The third kappa shape index (κ3) is 2.96. The molecule has 0 unspecified atom stereocenters. The van der Waals surface area contributed by atoms with Crippen molar-refractivity contribution < 1.29 is 19.1 Å². The highest BCUT2D eigenvalue weighted by Crippen LogP contribution is 2.71. The summed E-state index contributed by atoms with van der Waals surface area (Å²) < 4.78 is 6.71. The molecule has 0 amide bonds. The highest BCUT2D eigenvalue weighted by atomic mass is 16.6. The zero-order chi connectivity index (χ0) is 26.5. The van der Waals surface area contributed by atoms with Crippen molar-refractivity contribution in [2.45, 2.75) is 105 Å². The summed E-state index contributed by atoms with van der Waals surface area (Å²) in [6.07, 6.45) is 9.89. The average Bonchev–Trinajstić information content (AvgIpc) is 2.82. The molecule has 4 fully saturated rings. The predicted octanol–water partition coefficient (Wildman–Crippen LogP) is 6.28. The van der Waals surface area contributed by atoms with Gasteiger partial charge in [-0.05, 0) is 88.2 Å². The third-order valence-corrected chi connectivity index (χ3v) is 11.8. The molecule has 6 aliphatic rings. The van der Waals surface area contributed by atoms with Gasteiger partial charge in [-0.25, -0.2) is 0 Å². The van der Waals surface area contributed by atoms with Crippen molar-refractivity contribution in [2.24, 2.45) is 38.9 Å². The molecule has 7 atom stereocenters. The van der Waals surface area contributed by atoms with Gasteiger partial charge in [0.2, 0.25) is 0 Å². The van der Waals surface area contributed by atoms with E-state index in [9.17, 15) is 19.6 Å². The van der Waals surface area contributed by atoms with Gasteiger partial charge in [-0.15, -0.1) is 0 Å². The first kappa shape index (κ1) is 25.4. The molecule has 1 spiro atoms. The molecule has 0 radical (unpaired) electrons. The van der Waals surface area contributed by atoms with Crippen LogP contribution in [0.3, 0.4) is 0 Å². The molecular weight excluding hydrogens is 450 g/mol. The van der Waals surface area contributed by atoms with Crippen molar-refractivity contribution in [3.63, 3.8) is 0 Å². The SMILES string of the molecule is C[C@@H]1C(=O)C(C#N)=C[C@]2(C)C3=CC(=O)[C@@]4(C)CCC(C)(C)CC[C@@]5(C)CC[C@]4(OC5=O)[C@]3(C)CC[C@@H]12. The highest BCUT2D eigenvalue weighted by molar-refractivity contribution is 6.03. The quantitative estimate of drug-likeness (QED) is 0.373. The summed E-state index contributed by atoms with van der Waals surface area (Å²) in [5.74, 6) is -0.516. The van der Waals surface area contributed by atoms with Crippen molar-refractivity contribution in [3.8, 4) is 6.07 Å². The molecule has 0 aromatic carbocycles. The topological polar surface area (TPSA) is 84.2 Å². The number of allylic oxidation sites excluding steroid dienone is 3. The van der Waals surface area contributed by atoms with Gasteiger partial charge in [0.15, 0.2) is 11.6 Å². The van der Waals surface area contributed by atoms with Crippen LogP contribution in [-0.4, -0.2) is 23.1 Å². The Morgan fingerprint density at radius 3 is 2.17 bits per heavy atom. The summed E-state index contributed by atoms with van der Waals surface area (Å²) in [6.45, 7) is 14.8. The van der Waals surface area contributed by atoms with E-state index in [1.807, 2.05) is 32.9 Å². The maximum Gasteiger partial charge on any atom is 0.312 e. The lowest BCUT2D eigenvalue weighted by Crippen LogP contribution is -2.71. The number of ketones is 2. The molecular formula is C31H41NO4. The van der Waals surface area contributed by atoms with Crippen LogP contribution in [0.1, 0.15) is 99.8 Å². The smallest absolute Gasteiger partial charge is 0.312 e. The number of carbonyl (C=O) groups excluding carboxylic acids is 3. The second kappa shape index (κ2) is 7.42. The Labute approximate surface area is 215 Å². The van der Waals surface area contributed by atoms with Crippen LogP contribution >= 0.6 is 0 Å². The number of ether oxygens (including phenoxy) is 1. The molecule has 0 N–H and O–H groups in total. The summed E-state index contributed by atoms with van der Waals surface area (Å²) in [7, 11) is 0. The first-order chi connectivity index (χ1) is 16.6. The molecule has 194 valence electrons. The minimum absolute atomic E-state index is 0.0120. The number of nitriles is 1. The van der Waals surface area contributed by atoms with Gasteiger partial charge in [0, 0.05) is 16.7 Å².